The summed E-state index contributed by atoms with van der Waals surface area (Å²) in [6.45, 7) is 4.30. The lowest BCUT2D eigenvalue weighted by atomic mass is 10.2. The second-order valence-electron chi connectivity index (χ2n) is 6.74. The van der Waals surface area contributed by atoms with Gasteiger partial charge in [0.05, 0.1) is 18.3 Å². The standard InChI is InChI=1S/C20H20ClN5O3S/c1-13-11-26(9-10-28-13)17-16(3-2-8-22-17)18(27)23-19-24-25-20(30-19)29-12-14-4-6-15(21)7-5-14/h2-8,13H,9-12H2,1H3,(H,23,24,27)/t13-/m0/s1. The molecule has 1 aliphatic rings. The summed E-state index contributed by atoms with van der Waals surface area (Å²) in [6.07, 6.45) is 1.76. The van der Waals surface area contributed by atoms with Crippen LogP contribution in [0.15, 0.2) is 42.6 Å². The van der Waals surface area contributed by atoms with Gasteiger partial charge in [-0.25, -0.2) is 4.98 Å². The van der Waals surface area contributed by atoms with Gasteiger partial charge in [-0.2, -0.15) is 0 Å². The molecule has 3 aromatic rings. The minimum Gasteiger partial charge on any atom is -0.464 e. The highest BCUT2D eigenvalue weighted by Gasteiger charge is 2.23. The number of nitrogens with one attached hydrogen (secondary N) is 1. The van der Waals surface area contributed by atoms with Gasteiger partial charge in [-0.05, 0) is 48.1 Å². The second kappa shape index (κ2) is 9.38. The zero-order chi connectivity index (χ0) is 20.9. The Kier molecular flexibility index (Phi) is 6.41. The van der Waals surface area contributed by atoms with E-state index in [1.54, 1.807) is 30.5 Å². The molecule has 10 heteroatoms. The van der Waals surface area contributed by atoms with Crippen molar-refractivity contribution < 1.29 is 14.3 Å². The Hall–Kier alpha value is -2.75. The van der Waals surface area contributed by atoms with Crippen LogP contribution < -0.4 is 15.0 Å². The van der Waals surface area contributed by atoms with E-state index in [1.165, 1.54) is 0 Å². The largest absolute Gasteiger partial charge is 0.464 e. The summed E-state index contributed by atoms with van der Waals surface area (Å²) >= 11 is 7.05. The van der Waals surface area contributed by atoms with Crippen molar-refractivity contribution in [3.05, 3.63) is 58.7 Å². The normalized spacial score (nSPS) is 16.3. The van der Waals surface area contributed by atoms with Gasteiger partial charge >= 0.3 is 0 Å². The monoisotopic (exact) mass is 445 g/mol. The molecule has 30 heavy (non-hydrogen) atoms. The summed E-state index contributed by atoms with van der Waals surface area (Å²) in [5, 5.41) is 12.2. The fraction of sp³-hybridized carbons (Fsp3) is 0.300. The van der Waals surface area contributed by atoms with Crippen molar-refractivity contribution in [3.8, 4) is 5.19 Å². The average molecular weight is 446 g/mol. The molecule has 156 valence electrons. The highest BCUT2D eigenvalue weighted by molar-refractivity contribution is 7.17. The molecule has 0 bridgehead atoms. The maximum atomic E-state index is 12.9. The molecule has 3 heterocycles. The van der Waals surface area contributed by atoms with Crippen LogP contribution in [0.1, 0.15) is 22.8 Å². The molecule has 1 aliphatic heterocycles. The Morgan fingerprint density at radius 3 is 2.97 bits per heavy atom. The van der Waals surface area contributed by atoms with Crippen LogP contribution in [0.25, 0.3) is 0 Å². The molecule has 0 radical (unpaired) electrons. The number of carbonyl (C=O) groups is 1. The summed E-state index contributed by atoms with van der Waals surface area (Å²) in [4.78, 5) is 19.3. The maximum Gasteiger partial charge on any atom is 0.296 e. The topological polar surface area (TPSA) is 89.5 Å². The second-order valence-corrected chi connectivity index (χ2v) is 8.12. The van der Waals surface area contributed by atoms with E-state index in [1.807, 2.05) is 19.1 Å². The third kappa shape index (κ3) is 5.05. The fourth-order valence-corrected chi connectivity index (χ4v) is 3.76. The molecular formula is C20H20ClN5O3S. The van der Waals surface area contributed by atoms with Crippen LogP contribution in [0.2, 0.25) is 5.02 Å². The highest BCUT2D eigenvalue weighted by atomic mass is 35.5. The van der Waals surface area contributed by atoms with Crippen molar-refractivity contribution >= 4 is 39.8 Å². The molecule has 4 rings (SSSR count). The number of benzene rings is 1. The lowest BCUT2D eigenvalue weighted by Crippen LogP contribution is -2.42. The van der Waals surface area contributed by atoms with Crippen molar-refractivity contribution in [2.75, 3.05) is 29.9 Å². The van der Waals surface area contributed by atoms with Gasteiger partial charge in [0.2, 0.25) is 5.13 Å². The Labute approximate surface area is 182 Å². The molecule has 1 atom stereocenters. The average Bonchev–Trinajstić information content (AvgIpc) is 3.20. The van der Waals surface area contributed by atoms with E-state index in [9.17, 15) is 4.79 Å². The summed E-state index contributed by atoms with van der Waals surface area (Å²) < 4.78 is 11.2. The fourth-order valence-electron chi connectivity index (χ4n) is 3.05. The number of aromatic nitrogens is 3. The van der Waals surface area contributed by atoms with E-state index in [4.69, 9.17) is 21.1 Å². The van der Waals surface area contributed by atoms with Crippen molar-refractivity contribution in [2.45, 2.75) is 19.6 Å². The van der Waals surface area contributed by atoms with Gasteiger partial charge in [-0.3, -0.25) is 10.1 Å². The lowest BCUT2D eigenvalue weighted by molar-refractivity contribution is 0.0528. The number of hydrogen-bond acceptors (Lipinski definition) is 8. The van der Waals surface area contributed by atoms with Gasteiger partial charge in [-0.1, -0.05) is 28.8 Å². The third-order valence-electron chi connectivity index (χ3n) is 4.47. The summed E-state index contributed by atoms with van der Waals surface area (Å²) in [7, 11) is 0. The smallest absolute Gasteiger partial charge is 0.296 e. The predicted octanol–water partition coefficient (Wildman–Crippen LogP) is 3.64. The zero-order valence-corrected chi connectivity index (χ0v) is 17.8. The first-order chi connectivity index (χ1) is 14.6. The van der Waals surface area contributed by atoms with E-state index in [0.717, 1.165) is 16.9 Å². The molecule has 0 spiro atoms. The van der Waals surface area contributed by atoms with E-state index < -0.39 is 0 Å². The number of nitrogens with zero attached hydrogens (tertiary/aromatic N) is 4. The number of morpholine rings is 1. The molecular weight excluding hydrogens is 426 g/mol. The van der Waals surface area contributed by atoms with Crippen LogP contribution in [0.4, 0.5) is 10.9 Å². The van der Waals surface area contributed by atoms with Crippen LogP contribution in [0, 0.1) is 0 Å². The molecule has 1 saturated heterocycles. The quantitative estimate of drug-likeness (QED) is 0.619. The SMILES string of the molecule is C[C@H]1CN(c2ncccc2C(=O)Nc2nnc(OCc3ccc(Cl)cc3)s2)CCO1. The Bertz CT molecular complexity index is 1010. The van der Waals surface area contributed by atoms with Crippen LogP contribution >= 0.6 is 22.9 Å². The number of pyridine rings is 1. The molecule has 1 amide bonds. The van der Waals surface area contributed by atoms with Gasteiger partial charge in [0.1, 0.15) is 12.4 Å². The molecule has 2 aromatic heterocycles. The molecule has 0 saturated carbocycles. The molecule has 0 aliphatic carbocycles. The predicted molar refractivity (Wildman–Crippen MR) is 116 cm³/mol. The minimum absolute atomic E-state index is 0.0835. The van der Waals surface area contributed by atoms with Crippen molar-refractivity contribution in [3.63, 3.8) is 0 Å². The van der Waals surface area contributed by atoms with Crippen LogP contribution in [0.3, 0.4) is 0 Å². The number of carbonyl (C=O) groups excluding carboxylic acids is 1. The molecule has 1 N–H and O–H groups in total. The number of hydrogen-bond donors (Lipinski definition) is 1. The number of rotatable bonds is 6. The Morgan fingerprint density at radius 2 is 2.17 bits per heavy atom. The van der Waals surface area contributed by atoms with Gasteiger partial charge < -0.3 is 14.4 Å². The van der Waals surface area contributed by atoms with Crippen molar-refractivity contribution in [2.24, 2.45) is 0 Å². The van der Waals surface area contributed by atoms with Crippen molar-refractivity contribution in [1.82, 2.24) is 15.2 Å². The van der Waals surface area contributed by atoms with Gasteiger partial charge in [0.25, 0.3) is 11.1 Å². The number of ether oxygens (including phenoxy) is 2. The number of halogens is 1. The lowest BCUT2D eigenvalue weighted by Gasteiger charge is -2.32. The first-order valence-electron chi connectivity index (χ1n) is 9.42. The first-order valence-corrected chi connectivity index (χ1v) is 10.6. The van der Waals surface area contributed by atoms with Crippen LogP contribution in [-0.2, 0) is 11.3 Å². The molecule has 1 fully saturated rings. The van der Waals surface area contributed by atoms with E-state index in [-0.39, 0.29) is 12.0 Å². The highest BCUT2D eigenvalue weighted by Crippen LogP contribution is 2.26. The van der Waals surface area contributed by atoms with Gasteiger partial charge in [0.15, 0.2) is 0 Å². The van der Waals surface area contributed by atoms with Crippen molar-refractivity contribution in [1.29, 1.82) is 0 Å². The Morgan fingerprint density at radius 1 is 1.33 bits per heavy atom. The number of anilines is 2. The first kappa shape index (κ1) is 20.5. The molecule has 0 unspecified atom stereocenters. The summed E-state index contributed by atoms with van der Waals surface area (Å²) in [6, 6.07) is 10.8. The van der Waals surface area contributed by atoms with E-state index in [0.29, 0.717) is 53.0 Å². The molecule has 8 nitrogen and oxygen atoms in total. The maximum absolute atomic E-state index is 12.9. The minimum atomic E-state index is -0.294. The van der Waals surface area contributed by atoms with E-state index >= 15 is 0 Å². The number of amides is 1. The Balaban J connectivity index is 1.40. The van der Waals surface area contributed by atoms with Crippen LogP contribution in [0.5, 0.6) is 5.19 Å². The zero-order valence-electron chi connectivity index (χ0n) is 16.2. The molecule has 1 aromatic carbocycles. The van der Waals surface area contributed by atoms with E-state index in [2.05, 4.69) is 25.4 Å². The summed E-state index contributed by atoms with van der Waals surface area (Å²) in [5.41, 5.74) is 1.44. The van der Waals surface area contributed by atoms with Gasteiger partial charge in [-0.15, -0.1) is 5.10 Å². The van der Waals surface area contributed by atoms with Crippen LogP contribution in [-0.4, -0.2) is 46.9 Å². The third-order valence-corrected chi connectivity index (χ3v) is 5.48. The van der Waals surface area contributed by atoms with Gasteiger partial charge in [0, 0.05) is 24.3 Å². The summed E-state index contributed by atoms with van der Waals surface area (Å²) in [5.74, 6) is 0.339.